The van der Waals surface area contributed by atoms with Gasteiger partial charge in [0, 0.05) is 17.1 Å². The first-order chi connectivity index (χ1) is 9.59. The number of nitrogen functional groups attached to an aromatic ring is 1. The Kier molecular flexibility index (Phi) is 3.35. The van der Waals surface area contributed by atoms with Crippen LogP contribution >= 0.6 is 27.3 Å². The van der Waals surface area contributed by atoms with Crippen molar-refractivity contribution in [1.29, 1.82) is 0 Å². The van der Waals surface area contributed by atoms with E-state index in [2.05, 4.69) is 21.0 Å². The van der Waals surface area contributed by atoms with E-state index in [4.69, 9.17) is 5.73 Å². The monoisotopic (exact) mass is 351 g/mol. The van der Waals surface area contributed by atoms with Crippen LogP contribution in [0, 0.1) is 5.82 Å². The highest BCUT2D eigenvalue weighted by Gasteiger charge is 2.21. The second-order valence-corrected chi connectivity index (χ2v) is 6.08. The molecule has 2 N–H and O–H groups in total. The van der Waals surface area contributed by atoms with Crippen LogP contribution in [0.5, 0.6) is 0 Å². The van der Waals surface area contributed by atoms with Crippen LogP contribution < -0.4 is 5.73 Å². The lowest BCUT2D eigenvalue weighted by atomic mass is 10.0. The first kappa shape index (κ1) is 13.3. The maximum absolute atomic E-state index is 14.1. The van der Waals surface area contributed by atoms with Crippen molar-refractivity contribution in [2.75, 3.05) is 5.73 Å². The van der Waals surface area contributed by atoms with Gasteiger partial charge in [-0.05, 0) is 33.4 Å². The smallest absolute Gasteiger partial charge is 0.131 e. The molecule has 0 aliphatic heterocycles. The predicted octanol–water partition coefficient (Wildman–Crippen LogP) is 4.30. The Morgan fingerprint density at radius 2 is 2.05 bits per heavy atom. The van der Waals surface area contributed by atoms with Crippen LogP contribution in [0.3, 0.4) is 0 Å². The van der Waals surface area contributed by atoms with E-state index in [0.717, 1.165) is 9.35 Å². The zero-order valence-electron chi connectivity index (χ0n) is 10.6. The quantitative estimate of drug-likeness (QED) is 0.747. The molecule has 0 aliphatic rings. The van der Waals surface area contributed by atoms with Crippen molar-refractivity contribution in [3.63, 3.8) is 0 Å². The van der Waals surface area contributed by atoms with Crippen LogP contribution in [0.1, 0.15) is 0 Å². The molecule has 0 amide bonds. The normalized spacial score (nSPS) is 10.9. The molecule has 0 aliphatic carbocycles. The molecule has 1 aromatic carbocycles. The van der Waals surface area contributed by atoms with Crippen molar-refractivity contribution >= 4 is 33.1 Å². The van der Waals surface area contributed by atoms with Crippen LogP contribution in [0.15, 0.2) is 40.2 Å². The molecule has 20 heavy (non-hydrogen) atoms. The molecule has 3 nitrogen and oxygen atoms in total. The van der Waals surface area contributed by atoms with Gasteiger partial charge in [0.2, 0.25) is 0 Å². The summed E-state index contributed by atoms with van der Waals surface area (Å²) < 4.78 is 16.6. The summed E-state index contributed by atoms with van der Waals surface area (Å²) in [5.41, 5.74) is 7.87. The van der Waals surface area contributed by atoms with Gasteiger partial charge in [-0.2, -0.15) is 5.10 Å². The van der Waals surface area contributed by atoms with E-state index in [0.29, 0.717) is 22.6 Å². The lowest BCUT2D eigenvalue weighted by Crippen LogP contribution is -1.98. The van der Waals surface area contributed by atoms with Crippen LogP contribution in [0.2, 0.25) is 0 Å². The summed E-state index contributed by atoms with van der Waals surface area (Å²) in [6.07, 6.45) is 0. The average molecular weight is 352 g/mol. The Balaban J connectivity index is 2.31. The maximum Gasteiger partial charge on any atom is 0.131 e. The van der Waals surface area contributed by atoms with E-state index in [1.165, 1.54) is 17.4 Å². The Labute approximate surface area is 128 Å². The molecule has 2 aromatic heterocycles. The second-order valence-electron chi connectivity index (χ2n) is 4.31. The number of aryl methyl sites for hydroxylation is 1. The molecule has 6 heteroatoms. The fourth-order valence-corrected chi connectivity index (χ4v) is 3.64. The van der Waals surface area contributed by atoms with Gasteiger partial charge in [0.25, 0.3) is 0 Å². The lowest BCUT2D eigenvalue weighted by Gasteiger charge is -2.05. The molecule has 3 aromatic rings. The minimum atomic E-state index is -0.305. The first-order valence-electron chi connectivity index (χ1n) is 5.90. The standard InChI is InChI=1S/C14H11BrFN3S/c1-19-14(17)11(8-4-2-3-5-10(8)16)12(18-19)13-9(15)6-7-20-13/h2-7H,17H2,1H3. The van der Waals surface area contributed by atoms with Crippen molar-refractivity contribution in [2.24, 2.45) is 7.05 Å². The van der Waals surface area contributed by atoms with Crippen molar-refractivity contribution in [1.82, 2.24) is 9.78 Å². The van der Waals surface area contributed by atoms with Crippen LogP contribution in [-0.4, -0.2) is 9.78 Å². The Bertz CT molecular complexity index is 779. The summed E-state index contributed by atoms with van der Waals surface area (Å²) in [4.78, 5) is 0.940. The van der Waals surface area contributed by atoms with Crippen molar-refractivity contribution < 1.29 is 4.39 Å². The van der Waals surface area contributed by atoms with E-state index >= 15 is 0 Å². The number of nitrogens with two attached hydrogens (primary N) is 1. The highest BCUT2D eigenvalue weighted by Crippen LogP contribution is 2.42. The summed E-state index contributed by atoms with van der Waals surface area (Å²) >= 11 is 5.03. The molecular formula is C14H11BrFN3S. The number of anilines is 1. The first-order valence-corrected chi connectivity index (χ1v) is 7.57. The molecule has 0 saturated heterocycles. The molecule has 102 valence electrons. The molecule has 3 rings (SSSR count). The topological polar surface area (TPSA) is 43.8 Å². The third-order valence-electron chi connectivity index (χ3n) is 3.07. The maximum atomic E-state index is 14.1. The number of hydrogen-bond acceptors (Lipinski definition) is 3. The van der Waals surface area contributed by atoms with E-state index < -0.39 is 0 Å². The minimum Gasteiger partial charge on any atom is -0.383 e. The minimum absolute atomic E-state index is 0.305. The third kappa shape index (κ3) is 2.05. The molecule has 0 atom stereocenters. The predicted molar refractivity (Wildman–Crippen MR) is 84.0 cm³/mol. The van der Waals surface area contributed by atoms with Crippen molar-refractivity contribution in [3.05, 3.63) is 46.0 Å². The molecule has 0 radical (unpaired) electrons. The van der Waals surface area contributed by atoms with E-state index in [-0.39, 0.29) is 5.82 Å². The van der Waals surface area contributed by atoms with Gasteiger partial charge >= 0.3 is 0 Å². The van der Waals surface area contributed by atoms with Crippen LogP contribution in [0.4, 0.5) is 10.2 Å². The summed E-state index contributed by atoms with van der Waals surface area (Å²) in [6, 6.07) is 8.53. The molecular weight excluding hydrogens is 341 g/mol. The van der Waals surface area contributed by atoms with Gasteiger partial charge in [-0.3, -0.25) is 4.68 Å². The van der Waals surface area contributed by atoms with Gasteiger partial charge in [0.05, 0.1) is 10.4 Å². The van der Waals surface area contributed by atoms with E-state index in [1.54, 1.807) is 29.9 Å². The zero-order valence-corrected chi connectivity index (χ0v) is 13.0. The summed E-state index contributed by atoms with van der Waals surface area (Å²) in [5, 5.41) is 6.39. The number of rotatable bonds is 2. The molecule has 0 unspecified atom stereocenters. The number of aromatic nitrogens is 2. The molecule has 0 bridgehead atoms. The van der Waals surface area contributed by atoms with E-state index in [9.17, 15) is 4.39 Å². The fraction of sp³-hybridized carbons (Fsp3) is 0.0714. The SMILES string of the molecule is Cn1nc(-c2sccc2Br)c(-c2ccccc2F)c1N. The largest absolute Gasteiger partial charge is 0.383 e. The third-order valence-corrected chi connectivity index (χ3v) is 4.91. The van der Waals surface area contributed by atoms with Gasteiger partial charge in [0.15, 0.2) is 0 Å². The van der Waals surface area contributed by atoms with Gasteiger partial charge in [-0.15, -0.1) is 11.3 Å². The van der Waals surface area contributed by atoms with Gasteiger partial charge in [-0.1, -0.05) is 18.2 Å². The summed E-state index contributed by atoms with van der Waals surface area (Å²) in [6.45, 7) is 0. The number of halogens is 2. The number of nitrogens with zero attached hydrogens (tertiary/aromatic N) is 2. The second kappa shape index (κ2) is 5.03. The number of hydrogen-bond donors (Lipinski definition) is 1. The molecule has 0 saturated carbocycles. The highest BCUT2D eigenvalue weighted by atomic mass is 79.9. The Morgan fingerprint density at radius 3 is 2.70 bits per heavy atom. The Hall–Kier alpha value is -1.66. The average Bonchev–Trinajstić information content (AvgIpc) is 2.96. The van der Waals surface area contributed by atoms with Crippen LogP contribution in [0.25, 0.3) is 21.7 Å². The van der Waals surface area contributed by atoms with Gasteiger partial charge in [0.1, 0.15) is 17.3 Å². The van der Waals surface area contributed by atoms with Crippen molar-refractivity contribution in [2.45, 2.75) is 0 Å². The lowest BCUT2D eigenvalue weighted by molar-refractivity contribution is 0.631. The zero-order chi connectivity index (χ0) is 14.3. The fourth-order valence-electron chi connectivity index (χ4n) is 2.09. The molecule has 0 fully saturated rings. The van der Waals surface area contributed by atoms with E-state index in [1.807, 2.05) is 11.4 Å². The van der Waals surface area contributed by atoms with Gasteiger partial charge in [-0.25, -0.2) is 4.39 Å². The highest BCUT2D eigenvalue weighted by molar-refractivity contribution is 9.10. The molecule has 0 spiro atoms. The molecule has 2 heterocycles. The summed E-state index contributed by atoms with van der Waals surface area (Å²) in [7, 11) is 1.75. The summed E-state index contributed by atoms with van der Waals surface area (Å²) in [5.74, 6) is 0.145. The van der Waals surface area contributed by atoms with Gasteiger partial charge < -0.3 is 5.73 Å². The number of thiophene rings is 1. The van der Waals surface area contributed by atoms with Crippen LogP contribution in [-0.2, 0) is 7.05 Å². The Morgan fingerprint density at radius 1 is 1.30 bits per heavy atom. The number of benzene rings is 1. The van der Waals surface area contributed by atoms with Crippen molar-refractivity contribution in [3.8, 4) is 21.7 Å².